The first-order valence-corrected chi connectivity index (χ1v) is 11.2. The zero-order chi connectivity index (χ0) is 23.5. The summed E-state index contributed by atoms with van der Waals surface area (Å²) < 4.78 is 6.58. The molecule has 0 aliphatic heterocycles. The van der Waals surface area contributed by atoms with Crippen molar-refractivity contribution in [3.8, 4) is 11.3 Å². The molecule has 0 aromatic carbocycles. The van der Waals surface area contributed by atoms with E-state index >= 15 is 0 Å². The third kappa shape index (κ3) is 4.94. The summed E-state index contributed by atoms with van der Waals surface area (Å²) in [5.74, 6) is 0.444. The van der Waals surface area contributed by atoms with E-state index in [1.807, 2.05) is 20.0 Å². The first kappa shape index (κ1) is 22.6. The van der Waals surface area contributed by atoms with Crippen molar-refractivity contribution in [3.05, 3.63) is 41.5 Å². The third-order valence-electron chi connectivity index (χ3n) is 6.38. The highest BCUT2D eigenvalue weighted by molar-refractivity contribution is 6.01. The number of carbonyl (C=O) groups excluding carboxylic acids is 2. The fourth-order valence-corrected chi connectivity index (χ4v) is 4.41. The van der Waals surface area contributed by atoms with Crippen LogP contribution < -0.4 is 10.6 Å². The fraction of sp³-hybridized carbons (Fsp3) is 0.478. The van der Waals surface area contributed by atoms with Crippen LogP contribution in [0.1, 0.15) is 54.4 Å². The normalized spacial score (nSPS) is 19.2. The molecule has 0 saturated heterocycles. The highest BCUT2D eigenvalue weighted by atomic mass is 16.5. The number of aromatic nitrogens is 5. The van der Waals surface area contributed by atoms with Crippen LogP contribution in [-0.2, 0) is 11.8 Å². The molecule has 0 bridgehead atoms. The summed E-state index contributed by atoms with van der Waals surface area (Å²) in [6, 6.07) is 2.93. The van der Waals surface area contributed by atoms with Crippen LogP contribution in [0.5, 0.6) is 0 Å². The van der Waals surface area contributed by atoms with Crippen LogP contribution in [-0.4, -0.2) is 43.0 Å². The zero-order valence-electron chi connectivity index (χ0n) is 19.3. The van der Waals surface area contributed by atoms with E-state index < -0.39 is 6.04 Å². The third-order valence-corrected chi connectivity index (χ3v) is 6.38. The van der Waals surface area contributed by atoms with Gasteiger partial charge in [-0.05, 0) is 50.7 Å². The average Bonchev–Trinajstić information content (AvgIpc) is 3.38. The number of hydrogen-bond acceptors (Lipinski definition) is 7. The van der Waals surface area contributed by atoms with Gasteiger partial charge in [0, 0.05) is 18.8 Å². The van der Waals surface area contributed by atoms with E-state index in [1.54, 1.807) is 23.9 Å². The predicted octanol–water partition coefficient (Wildman–Crippen LogP) is 3.05. The van der Waals surface area contributed by atoms with E-state index in [2.05, 4.69) is 38.0 Å². The number of carbonyl (C=O) groups is 2. The molecule has 10 heteroatoms. The quantitative estimate of drug-likeness (QED) is 0.589. The van der Waals surface area contributed by atoms with Crippen molar-refractivity contribution in [1.82, 2.24) is 30.5 Å². The highest BCUT2D eigenvalue weighted by Crippen LogP contribution is 2.31. The predicted molar refractivity (Wildman–Crippen MR) is 121 cm³/mol. The molecule has 2 amide bonds. The molecule has 1 atom stereocenters. The van der Waals surface area contributed by atoms with E-state index in [0.29, 0.717) is 23.0 Å². The molecule has 174 valence electrons. The number of anilines is 1. The van der Waals surface area contributed by atoms with Gasteiger partial charge >= 0.3 is 0 Å². The van der Waals surface area contributed by atoms with Crippen molar-refractivity contribution in [3.63, 3.8) is 0 Å². The Morgan fingerprint density at radius 2 is 1.91 bits per heavy atom. The minimum Gasteiger partial charge on any atom is -0.364 e. The van der Waals surface area contributed by atoms with Crippen LogP contribution in [0.3, 0.4) is 0 Å². The van der Waals surface area contributed by atoms with E-state index in [-0.39, 0.29) is 17.7 Å². The van der Waals surface area contributed by atoms with Gasteiger partial charge < -0.3 is 15.2 Å². The fourth-order valence-electron chi connectivity index (χ4n) is 4.41. The van der Waals surface area contributed by atoms with Crippen LogP contribution in [0.4, 0.5) is 5.82 Å². The topological polar surface area (TPSA) is 128 Å². The summed E-state index contributed by atoms with van der Waals surface area (Å²) in [6.45, 7) is 5.80. The van der Waals surface area contributed by atoms with Gasteiger partial charge in [0.25, 0.3) is 5.91 Å². The second kappa shape index (κ2) is 9.51. The Bertz CT molecular complexity index is 1110. The molecule has 3 heterocycles. The molecule has 10 nitrogen and oxygen atoms in total. The lowest BCUT2D eigenvalue weighted by molar-refractivity contribution is -0.119. The Morgan fingerprint density at radius 3 is 2.48 bits per heavy atom. The monoisotopic (exact) mass is 451 g/mol. The number of rotatable bonds is 6. The SMILES string of the molecule is Cc1nocc1C(=O)N[C@H](C(=O)Nc1ccc(-c2c(C)nnn2C)cn1)C1CCC(C)CC1. The van der Waals surface area contributed by atoms with Gasteiger partial charge in [-0.1, -0.05) is 30.1 Å². The Kier molecular flexibility index (Phi) is 6.52. The molecular formula is C23H29N7O3. The van der Waals surface area contributed by atoms with Gasteiger partial charge in [0.2, 0.25) is 5.91 Å². The average molecular weight is 452 g/mol. The lowest BCUT2D eigenvalue weighted by atomic mass is 9.79. The summed E-state index contributed by atoms with van der Waals surface area (Å²) in [7, 11) is 1.82. The van der Waals surface area contributed by atoms with E-state index in [9.17, 15) is 9.59 Å². The zero-order valence-corrected chi connectivity index (χ0v) is 19.3. The standard InChI is InChI=1S/C23H29N7O3/c1-13-5-7-16(8-6-13)20(26-22(31)18-12-33-28-14(18)2)23(32)25-19-10-9-17(11-24-19)21-15(3)27-29-30(21)4/h9-13,16,20H,5-8H2,1-4H3,(H,26,31)(H,24,25,32)/t13?,16?,20-/m0/s1. The van der Waals surface area contributed by atoms with Crippen molar-refractivity contribution in [2.45, 2.75) is 52.5 Å². The second-order valence-electron chi connectivity index (χ2n) is 8.85. The number of aryl methyl sites for hydroxylation is 3. The first-order valence-electron chi connectivity index (χ1n) is 11.2. The molecule has 4 rings (SSSR count). The van der Waals surface area contributed by atoms with Crippen LogP contribution in [0.15, 0.2) is 29.1 Å². The Hall–Kier alpha value is -3.56. The number of pyridine rings is 1. The Balaban J connectivity index is 1.51. The van der Waals surface area contributed by atoms with Crippen molar-refractivity contribution >= 4 is 17.6 Å². The number of hydrogen-bond donors (Lipinski definition) is 2. The van der Waals surface area contributed by atoms with E-state index in [0.717, 1.165) is 42.6 Å². The first-order chi connectivity index (χ1) is 15.8. The summed E-state index contributed by atoms with van der Waals surface area (Å²) >= 11 is 0. The molecule has 1 fully saturated rings. The van der Waals surface area contributed by atoms with Gasteiger partial charge in [0.15, 0.2) is 0 Å². The van der Waals surface area contributed by atoms with Crippen molar-refractivity contribution < 1.29 is 14.1 Å². The number of amides is 2. The summed E-state index contributed by atoms with van der Waals surface area (Å²) in [4.78, 5) is 30.5. The summed E-state index contributed by atoms with van der Waals surface area (Å²) in [5, 5.41) is 17.6. The van der Waals surface area contributed by atoms with Crippen molar-refractivity contribution in [1.29, 1.82) is 0 Å². The Labute approximate surface area is 192 Å². The largest absolute Gasteiger partial charge is 0.364 e. The van der Waals surface area contributed by atoms with Gasteiger partial charge in [-0.2, -0.15) is 0 Å². The minimum atomic E-state index is -0.677. The minimum absolute atomic E-state index is 0.0488. The van der Waals surface area contributed by atoms with Gasteiger partial charge in [-0.25, -0.2) is 9.67 Å². The molecule has 0 radical (unpaired) electrons. The molecule has 1 aliphatic carbocycles. The van der Waals surface area contributed by atoms with Crippen molar-refractivity contribution in [2.75, 3.05) is 5.32 Å². The van der Waals surface area contributed by atoms with E-state index in [4.69, 9.17) is 4.52 Å². The molecule has 1 saturated carbocycles. The molecule has 3 aromatic heterocycles. The summed E-state index contributed by atoms with van der Waals surface area (Å²) in [6.07, 6.45) is 6.79. The molecule has 3 aromatic rings. The van der Waals surface area contributed by atoms with E-state index in [1.165, 1.54) is 6.26 Å². The molecular weight excluding hydrogens is 422 g/mol. The van der Waals surface area contributed by atoms with Gasteiger partial charge in [0.1, 0.15) is 23.7 Å². The maximum atomic E-state index is 13.3. The molecule has 33 heavy (non-hydrogen) atoms. The highest BCUT2D eigenvalue weighted by Gasteiger charge is 2.33. The smallest absolute Gasteiger partial charge is 0.257 e. The lowest BCUT2D eigenvalue weighted by Gasteiger charge is -2.32. The van der Waals surface area contributed by atoms with Crippen LogP contribution in [0, 0.1) is 25.7 Å². The number of nitrogens with one attached hydrogen (secondary N) is 2. The van der Waals surface area contributed by atoms with Gasteiger partial charge in [0.05, 0.1) is 17.1 Å². The van der Waals surface area contributed by atoms with Crippen LogP contribution in [0.25, 0.3) is 11.3 Å². The maximum absolute atomic E-state index is 13.3. The molecule has 1 aliphatic rings. The second-order valence-corrected chi connectivity index (χ2v) is 8.85. The van der Waals surface area contributed by atoms with Crippen molar-refractivity contribution in [2.24, 2.45) is 18.9 Å². The number of nitrogens with zero attached hydrogens (tertiary/aromatic N) is 5. The Morgan fingerprint density at radius 1 is 1.15 bits per heavy atom. The summed E-state index contributed by atoms with van der Waals surface area (Å²) in [5.41, 5.74) is 3.34. The van der Waals surface area contributed by atoms with Gasteiger partial charge in [-0.3, -0.25) is 9.59 Å². The molecule has 0 unspecified atom stereocenters. The molecule has 2 N–H and O–H groups in total. The van der Waals surface area contributed by atoms with Gasteiger partial charge in [-0.15, -0.1) is 5.10 Å². The molecule has 0 spiro atoms. The van der Waals surface area contributed by atoms with Crippen LogP contribution in [0.2, 0.25) is 0 Å². The maximum Gasteiger partial charge on any atom is 0.257 e. The van der Waals surface area contributed by atoms with Crippen LogP contribution >= 0.6 is 0 Å². The lowest BCUT2D eigenvalue weighted by Crippen LogP contribution is -2.49.